The van der Waals surface area contributed by atoms with Gasteiger partial charge in [-0.25, -0.2) is 0 Å². The van der Waals surface area contributed by atoms with Crippen LogP contribution in [0.5, 0.6) is 5.75 Å². The van der Waals surface area contributed by atoms with Crippen LogP contribution in [0.25, 0.3) is 0 Å². The van der Waals surface area contributed by atoms with E-state index in [-0.39, 0.29) is 5.56 Å². The zero-order valence-corrected chi connectivity index (χ0v) is 8.89. The predicted octanol–water partition coefficient (Wildman–Crippen LogP) is 2.68. The molecule has 0 radical (unpaired) electrons. The standard InChI is InChI=1S/C11H11F3O2/c1-7-4-3-5-9(16-2)8(7)6-10(15)11(12,13)14/h3-5H,6H2,1-2H3. The first kappa shape index (κ1) is 12.5. The lowest BCUT2D eigenvalue weighted by molar-refractivity contribution is -0.170. The summed E-state index contributed by atoms with van der Waals surface area (Å²) in [7, 11) is 1.36. The number of benzene rings is 1. The van der Waals surface area contributed by atoms with Crippen molar-refractivity contribution < 1.29 is 22.7 Å². The molecule has 0 heterocycles. The fraction of sp³-hybridized carbons (Fsp3) is 0.364. The molecule has 0 aliphatic heterocycles. The molecule has 0 amide bonds. The number of Topliss-reactive ketones (excluding diaryl/α,β-unsaturated/α-hetero) is 1. The topological polar surface area (TPSA) is 26.3 Å². The van der Waals surface area contributed by atoms with Crippen molar-refractivity contribution >= 4 is 5.78 Å². The van der Waals surface area contributed by atoms with Gasteiger partial charge in [-0.2, -0.15) is 13.2 Å². The van der Waals surface area contributed by atoms with Gasteiger partial charge in [0.15, 0.2) is 0 Å². The largest absolute Gasteiger partial charge is 0.496 e. The van der Waals surface area contributed by atoms with Crippen LogP contribution in [0.3, 0.4) is 0 Å². The summed E-state index contributed by atoms with van der Waals surface area (Å²) in [5.41, 5.74) is 0.893. The highest BCUT2D eigenvalue weighted by atomic mass is 19.4. The Hall–Kier alpha value is -1.52. The van der Waals surface area contributed by atoms with Gasteiger partial charge in [-0.1, -0.05) is 12.1 Å². The highest BCUT2D eigenvalue weighted by Gasteiger charge is 2.38. The predicted molar refractivity (Wildman–Crippen MR) is 52.5 cm³/mol. The van der Waals surface area contributed by atoms with Gasteiger partial charge in [-0.15, -0.1) is 0 Å². The van der Waals surface area contributed by atoms with Gasteiger partial charge in [-0.3, -0.25) is 4.79 Å². The first-order chi connectivity index (χ1) is 7.36. The lowest BCUT2D eigenvalue weighted by atomic mass is 10.0. The normalized spacial score (nSPS) is 11.3. The molecule has 1 aromatic carbocycles. The zero-order chi connectivity index (χ0) is 12.3. The van der Waals surface area contributed by atoms with Crippen molar-refractivity contribution in [1.82, 2.24) is 0 Å². The number of rotatable bonds is 3. The molecule has 0 aliphatic carbocycles. The van der Waals surface area contributed by atoms with Crippen LogP contribution >= 0.6 is 0 Å². The van der Waals surface area contributed by atoms with Gasteiger partial charge in [0.05, 0.1) is 7.11 Å². The van der Waals surface area contributed by atoms with Crippen molar-refractivity contribution in [2.45, 2.75) is 19.5 Å². The van der Waals surface area contributed by atoms with Crippen molar-refractivity contribution in [3.63, 3.8) is 0 Å². The molecule has 16 heavy (non-hydrogen) atoms. The van der Waals surface area contributed by atoms with E-state index in [9.17, 15) is 18.0 Å². The lowest BCUT2D eigenvalue weighted by Crippen LogP contribution is -2.25. The Kier molecular flexibility index (Phi) is 3.57. The van der Waals surface area contributed by atoms with Crippen molar-refractivity contribution in [1.29, 1.82) is 0 Å². The minimum atomic E-state index is -4.80. The number of carbonyl (C=O) groups is 1. The Morgan fingerprint density at radius 2 is 2.00 bits per heavy atom. The van der Waals surface area contributed by atoms with Gasteiger partial charge in [0.1, 0.15) is 5.75 Å². The molecule has 5 heteroatoms. The summed E-state index contributed by atoms with van der Waals surface area (Å²) < 4.78 is 41.3. The summed E-state index contributed by atoms with van der Waals surface area (Å²) in [6, 6.07) is 4.84. The van der Waals surface area contributed by atoms with Crippen molar-refractivity contribution in [3.8, 4) is 5.75 Å². The van der Waals surface area contributed by atoms with Gasteiger partial charge in [-0.05, 0) is 18.6 Å². The average Bonchev–Trinajstić information content (AvgIpc) is 2.19. The molecular weight excluding hydrogens is 221 g/mol. The van der Waals surface area contributed by atoms with Gasteiger partial charge in [0.25, 0.3) is 0 Å². The fourth-order valence-electron chi connectivity index (χ4n) is 1.35. The second-order valence-electron chi connectivity index (χ2n) is 3.35. The maximum atomic E-state index is 12.1. The van der Waals surface area contributed by atoms with E-state index in [0.29, 0.717) is 11.3 Å². The molecule has 88 valence electrons. The summed E-state index contributed by atoms with van der Waals surface area (Å²) in [5.74, 6) is -1.46. The number of aryl methyl sites for hydroxylation is 1. The maximum absolute atomic E-state index is 12.1. The minimum Gasteiger partial charge on any atom is -0.496 e. The van der Waals surface area contributed by atoms with E-state index in [4.69, 9.17) is 4.74 Å². The number of ketones is 1. The Morgan fingerprint density at radius 1 is 1.38 bits per heavy atom. The summed E-state index contributed by atoms with van der Waals surface area (Å²) in [6.07, 6.45) is -5.48. The number of hydrogen-bond acceptors (Lipinski definition) is 2. The third-order valence-corrected chi connectivity index (χ3v) is 2.24. The average molecular weight is 232 g/mol. The minimum absolute atomic E-state index is 0.285. The number of hydrogen-bond donors (Lipinski definition) is 0. The summed E-state index contributed by atoms with van der Waals surface area (Å²) >= 11 is 0. The second kappa shape index (κ2) is 4.55. The van der Waals surface area contributed by atoms with Crippen molar-refractivity contribution in [2.75, 3.05) is 7.11 Å². The van der Waals surface area contributed by atoms with Crippen molar-refractivity contribution in [3.05, 3.63) is 29.3 Å². The number of methoxy groups -OCH3 is 1. The van der Waals surface area contributed by atoms with Crippen LogP contribution in [0.15, 0.2) is 18.2 Å². The highest BCUT2D eigenvalue weighted by molar-refractivity contribution is 5.86. The van der Waals surface area contributed by atoms with Gasteiger partial charge in [0.2, 0.25) is 5.78 Å². The number of halogens is 3. The summed E-state index contributed by atoms with van der Waals surface area (Å²) in [4.78, 5) is 10.9. The van der Waals surface area contributed by atoms with Crippen LogP contribution in [-0.4, -0.2) is 19.1 Å². The molecule has 0 atom stereocenters. The van der Waals surface area contributed by atoms with Gasteiger partial charge < -0.3 is 4.74 Å². The van der Waals surface area contributed by atoms with E-state index in [1.807, 2.05) is 0 Å². The number of alkyl halides is 3. The van der Waals surface area contributed by atoms with E-state index >= 15 is 0 Å². The fourth-order valence-corrected chi connectivity index (χ4v) is 1.35. The molecule has 0 aromatic heterocycles. The second-order valence-corrected chi connectivity index (χ2v) is 3.35. The molecule has 0 N–H and O–H groups in total. The third-order valence-electron chi connectivity index (χ3n) is 2.24. The molecule has 1 rings (SSSR count). The van der Waals surface area contributed by atoms with Crippen LogP contribution in [-0.2, 0) is 11.2 Å². The highest BCUT2D eigenvalue weighted by Crippen LogP contribution is 2.26. The zero-order valence-electron chi connectivity index (χ0n) is 8.89. The molecule has 2 nitrogen and oxygen atoms in total. The van der Waals surface area contributed by atoms with E-state index in [1.54, 1.807) is 19.1 Å². The Balaban J connectivity index is 3.01. The molecule has 0 aliphatic rings. The molecule has 1 aromatic rings. The van der Waals surface area contributed by atoms with Crippen LogP contribution in [0.4, 0.5) is 13.2 Å². The Labute approximate surface area is 91.0 Å². The smallest absolute Gasteiger partial charge is 0.450 e. The number of carbonyl (C=O) groups excluding carboxylic acids is 1. The quantitative estimate of drug-likeness (QED) is 0.800. The molecule has 0 unspecified atom stereocenters. The summed E-state index contributed by atoms with van der Waals surface area (Å²) in [5, 5.41) is 0. The van der Waals surface area contributed by atoms with E-state index in [0.717, 1.165) is 0 Å². The Morgan fingerprint density at radius 3 is 2.50 bits per heavy atom. The first-order valence-electron chi connectivity index (χ1n) is 4.58. The third kappa shape index (κ3) is 2.74. The van der Waals surface area contributed by atoms with Gasteiger partial charge >= 0.3 is 6.18 Å². The molecule has 0 spiro atoms. The lowest BCUT2D eigenvalue weighted by Gasteiger charge is -2.11. The molecular formula is C11H11F3O2. The first-order valence-corrected chi connectivity index (χ1v) is 4.58. The maximum Gasteiger partial charge on any atom is 0.450 e. The summed E-state index contributed by atoms with van der Waals surface area (Å²) in [6.45, 7) is 1.64. The van der Waals surface area contributed by atoms with E-state index in [1.165, 1.54) is 13.2 Å². The number of ether oxygens (including phenoxy) is 1. The molecule has 0 bridgehead atoms. The van der Waals surface area contributed by atoms with Crippen molar-refractivity contribution in [2.24, 2.45) is 0 Å². The molecule has 0 saturated heterocycles. The van der Waals surface area contributed by atoms with E-state index < -0.39 is 18.4 Å². The van der Waals surface area contributed by atoms with E-state index in [2.05, 4.69) is 0 Å². The van der Waals surface area contributed by atoms with Crippen LogP contribution in [0.1, 0.15) is 11.1 Å². The van der Waals surface area contributed by atoms with Gasteiger partial charge in [0, 0.05) is 12.0 Å². The SMILES string of the molecule is COc1cccc(C)c1CC(=O)C(F)(F)F. The Bertz CT molecular complexity index is 397. The molecule has 0 fully saturated rings. The van der Waals surface area contributed by atoms with Crippen LogP contribution in [0.2, 0.25) is 0 Å². The molecule has 0 saturated carbocycles. The van der Waals surface area contributed by atoms with Crippen LogP contribution in [0, 0.1) is 6.92 Å². The van der Waals surface area contributed by atoms with Crippen LogP contribution < -0.4 is 4.74 Å². The monoisotopic (exact) mass is 232 g/mol.